The predicted molar refractivity (Wildman–Crippen MR) is 64.7 cm³/mol. The highest BCUT2D eigenvalue weighted by molar-refractivity contribution is 6.05. The second-order valence-corrected chi connectivity index (χ2v) is 4.45. The van der Waals surface area contributed by atoms with E-state index in [0.29, 0.717) is 12.1 Å². The lowest BCUT2D eigenvalue weighted by Crippen LogP contribution is -2.31. The van der Waals surface area contributed by atoms with Gasteiger partial charge in [-0.05, 0) is 12.5 Å². The van der Waals surface area contributed by atoms with Crippen LogP contribution in [0.15, 0.2) is 34.9 Å². The summed E-state index contributed by atoms with van der Waals surface area (Å²) in [5.41, 5.74) is 7.20. The number of carbonyl (C=O) groups is 1. The van der Waals surface area contributed by atoms with E-state index in [-0.39, 0.29) is 11.9 Å². The molecule has 4 heteroatoms. The summed E-state index contributed by atoms with van der Waals surface area (Å²) >= 11 is 0. The molecule has 17 heavy (non-hydrogen) atoms. The molecule has 1 aromatic carbocycles. The molecule has 1 amide bonds. The summed E-state index contributed by atoms with van der Waals surface area (Å²) in [6.07, 6.45) is 2.42. The lowest BCUT2D eigenvalue weighted by Gasteiger charge is -2.14. The zero-order chi connectivity index (χ0) is 11.8. The van der Waals surface area contributed by atoms with Gasteiger partial charge in [0, 0.05) is 24.5 Å². The summed E-state index contributed by atoms with van der Waals surface area (Å²) in [5.74, 6) is 0.0166. The smallest absolute Gasteiger partial charge is 0.257 e. The van der Waals surface area contributed by atoms with Gasteiger partial charge in [0.2, 0.25) is 0 Å². The highest BCUT2D eigenvalue weighted by atomic mass is 16.3. The number of likely N-dealkylation sites (tertiary alicyclic amines) is 1. The molecular formula is C13H14N2O2. The summed E-state index contributed by atoms with van der Waals surface area (Å²) < 4.78 is 5.38. The Morgan fingerprint density at radius 1 is 1.41 bits per heavy atom. The zero-order valence-electron chi connectivity index (χ0n) is 9.43. The van der Waals surface area contributed by atoms with Crippen LogP contribution >= 0.6 is 0 Å². The van der Waals surface area contributed by atoms with Crippen LogP contribution in [0.5, 0.6) is 0 Å². The largest absolute Gasteiger partial charge is 0.463 e. The summed E-state index contributed by atoms with van der Waals surface area (Å²) in [7, 11) is 0. The Labute approximate surface area is 99.0 Å². The van der Waals surface area contributed by atoms with Gasteiger partial charge in [0.05, 0.1) is 5.56 Å². The Kier molecular flexibility index (Phi) is 2.37. The predicted octanol–water partition coefficient (Wildman–Crippen LogP) is 1.61. The Morgan fingerprint density at radius 3 is 3.00 bits per heavy atom. The Bertz CT molecular complexity index is 561. The number of benzene rings is 1. The van der Waals surface area contributed by atoms with Crippen LogP contribution in [-0.2, 0) is 0 Å². The molecule has 0 spiro atoms. The maximum absolute atomic E-state index is 12.3. The van der Waals surface area contributed by atoms with E-state index in [1.165, 1.54) is 6.26 Å². The van der Waals surface area contributed by atoms with E-state index < -0.39 is 0 Å². The molecule has 88 valence electrons. The highest BCUT2D eigenvalue weighted by Gasteiger charge is 2.26. The quantitative estimate of drug-likeness (QED) is 0.809. The van der Waals surface area contributed by atoms with Gasteiger partial charge < -0.3 is 15.1 Å². The molecule has 1 aliphatic heterocycles. The van der Waals surface area contributed by atoms with Gasteiger partial charge in [0.15, 0.2) is 0 Å². The zero-order valence-corrected chi connectivity index (χ0v) is 9.43. The van der Waals surface area contributed by atoms with E-state index in [4.69, 9.17) is 10.2 Å². The summed E-state index contributed by atoms with van der Waals surface area (Å²) in [5, 5.41) is 0.873. The number of nitrogens with zero attached hydrogens (tertiary/aromatic N) is 1. The number of fused-ring (bicyclic) bond motifs is 1. The van der Waals surface area contributed by atoms with Crippen LogP contribution in [0.3, 0.4) is 0 Å². The van der Waals surface area contributed by atoms with Crippen molar-refractivity contribution in [1.82, 2.24) is 4.90 Å². The third-order valence-corrected chi connectivity index (χ3v) is 3.22. The summed E-state index contributed by atoms with van der Waals surface area (Å²) in [6, 6.07) is 7.68. The van der Waals surface area contributed by atoms with Crippen molar-refractivity contribution < 1.29 is 9.21 Å². The first-order chi connectivity index (χ1) is 8.25. The van der Waals surface area contributed by atoms with E-state index in [1.54, 1.807) is 4.90 Å². The Morgan fingerprint density at radius 2 is 2.24 bits per heavy atom. The van der Waals surface area contributed by atoms with Crippen LogP contribution in [0.4, 0.5) is 0 Å². The molecule has 0 unspecified atom stereocenters. The van der Waals surface area contributed by atoms with Gasteiger partial charge in [-0.1, -0.05) is 18.2 Å². The molecule has 0 saturated carbocycles. The number of hydrogen-bond donors (Lipinski definition) is 1. The third kappa shape index (κ3) is 1.70. The summed E-state index contributed by atoms with van der Waals surface area (Å²) in [4.78, 5) is 14.1. The minimum atomic E-state index is 0.0166. The van der Waals surface area contributed by atoms with Crippen molar-refractivity contribution in [2.75, 3.05) is 13.1 Å². The molecule has 1 fully saturated rings. The number of hydrogen-bond acceptors (Lipinski definition) is 3. The van der Waals surface area contributed by atoms with E-state index in [2.05, 4.69) is 0 Å². The molecule has 4 nitrogen and oxygen atoms in total. The normalized spacial score (nSPS) is 20.1. The van der Waals surface area contributed by atoms with E-state index in [1.807, 2.05) is 24.3 Å². The van der Waals surface area contributed by atoms with Crippen LogP contribution in [-0.4, -0.2) is 29.9 Å². The van der Waals surface area contributed by atoms with Crippen molar-refractivity contribution in [3.63, 3.8) is 0 Å². The van der Waals surface area contributed by atoms with Gasteiger partial charge >= 0.3 is 0 Å². The molecule has 1 atom stereocenters. The van der Waals surface area contributed by atoms with Crippen LogP contribution in [0, 0.1) is 0 Å². The average Bonchev–Trinajstić information content (AvgIpc) is 2.94. The molecule has 1 aliphatic rings. The van der Waals surface area contributed by atoms with Gasteiger partial charge in [0.1, 0.15) is 11.8 Å². The maximum atomic E-state index is 12.3. The van der Waals surface area contributed by atoms with Crippen molar-refractivity contribution in [3.8, 4) is 0 Å². The first-order valence-electron chi connectivity index (χ1n) is 5.77. The van der Waals surface area contributed by atoms with Gasteiger partial charge in [-0.2, -0.15) is 0 Å². The fraction of sp³-hybridized carbons (Fsp3) is 0.308. The molecular weight excluding hydrogens is 216 g/mol. The average molecular weight is 230 g/mol. The first kappa shape index (κ1) is 10.4. The second-order valence-electron chi connectivity index (χ2n) is 4.45. The van der Waals surface area contributed by atoms with Crippen molar-refractivity contribution >= 4 is 16.9 Å². The van der Waals surface area contributed by atoms with Crippen LogP contribution in [0.25, 0.3) is 11.0 Å². The van der Waals surface area contributed by atoms with Crippen molar-refractivity contribution in [2.45, 2.75) is 12.5 Å². The second kappa shape index (κ2) is 3.89. The lowest BCUT2D eigenvalue weighted by atomic mass is 10.1. The molecule has 3 rings (SSSR count). The van der Waals surface area contributed by atoms with Gasteiger partial charge in [-0.15, -0.1) is 0 Å². The lowest BCUT2D eigenvalue weighted by molar-refractivity contribution is 0.0792. The van der Waals surface area contributed by atoms with Crippen molar-refractivity contribution in [3.05, 3.63) is 36.1 Å². The molecule has 1 aromatic heterocycles. The van der Waals surface area contributed by atoms with E-state index in [0.717, 1.165) is 23.9 Å². The Balaban J connectivity index is 1.96. The Hall–Kier alpha value is -1.81. The molecule has 2 heterocycles. The number of carbonyl (C=O) groups excluding carboxylic acids is 1. The third-order valence-electron chi connectivity index (χ3n) is 3.22. The summed E-state index contributed by atoms with van der Waals surface area (Å²) in [6.45, 7) is 1.37. The molecule has 2 N–H and O–H groups in total. The highest BCUT2D eigenvalue weighted by Crippen LogP contribution is 2.23. The van der Waals surface area contributed by atoms with Crippen LogP contribution in [0.2, 0.25) is 0 Å². The minimum Gasteiger partial charge on any atom is -0.463 e. The van der Waals surface area contributed by atoms with E-state index in [9.17, 15) is 4.79 Å². The topological polar surface area (TPSA) is 59.5 Å². The molecule has 1 saturated heterocycles. The minimum absolute atomic E-state index is 0.0166. The molecule has 0 radical (unpaired) electrons. The first-order valence-corrected chi connectivity index (χ1v) is 5.77. The maximum Gasteiger partial charge on any atom is 0.257 e. The SMILES string of the molecule is N[C@H]1CCN(C(=O)c2coc3ccccc23)C1. The number of amides is 1. The molecule has 2 aromatic rings. The molecule has 0 aliphatic carbocycles. The number of para-hydroxylation sites is 1. The van der Waals surface area contributed by atoms with Crippen molar-refractivity contribution in [2.24, 2.45) is 5.73 Å². The van der Waals surface area contributed by atoms with E-state index >= 15 is 0 Å². The fourth-order valence-electron chi connectivity index (χ4n) is 2.29. The van der Waals surface area contributed by atoms with Gasteiger partial charge in [0.25, 0.3) is 5.91 Å². The van der Waals surface area contributed by atoms with Crippen LogP contribution in [0.1, 0.15) is 16.8 Å². The van der Waals surface area contributed by atoms with Gasteiger partial charge in [-0.3, -0.25) is 4.79 Å². The number of nitrogens with two attached hydrogens (primary N) is 1. The number of furan rings is 1. The van der Waals surface area contributed by atoms with Crippen LogP contribution < -0.4 is 5.73 Å². The van der Waals surface area contributed by atoms with Gasteiger partial charge in [-0.25, -0.2) is 0 Å². The monoisotopic (exact) mass is 230 g/mol. The fourth-order valence-corrected chi connectivity index (χ4v) is 2.29. The molecule has 0 bridgehead atoms. The number of rotatable bonds is 1. The van der Waals surface area contributed by atoms with Crippen molar-refractivity contribution in [1.29, 1.82) is 0 Å². The standard InChI is InChI=1S/C13H14N2O2/c14-9-5-6-15(7-9)13(16)11-8-17-12-4-2-1-3-10(11)12/h1-4,8-9H,5-7,14H2/t9-/m0/s1.